The van der Waals surface area contributed by atoms with Gasteiger partial charge in [-0.05, 0) is 17.7 Å². The summed E-state index contributed by atoms with van der Waals surface area (Å²) in [6.45, 7) is 0. The van der Waals surface area contributed by atoms with Gasteiger partial charge in [0.05, 0.1) is 0 Å². The van der Waals surface area contributed by atoms with Crippen molar-refractivity contribution in [2.24, 2.45) is 0 Å². The third-order valence-electron chi connectivity index (χ3n) is 2.74. The van der Waals surface area contributed by atoms with Crippen molar-refractivity contribution in [3.8, 4) is 6.07 Å². The van der Waals surface area contributed by atoms with Crippen LogP contribution in [0, 0.1) is 16.5 Å². The maximum atomic E-state index is 11.0. The summed E-state index contributed by atoms with van der Waals surface area (Å²) in [7, 11) is 0. The van der Waals surface area contributed by atoms with Crippen molar-refractivity contribution in [2.75, 3.05) is 0 Å². The van der Waals surface area contributed by atoms with Gasteiger partial charge in [0.1, 0.15) is 0 Å². The third kappa shape index (κ3) is 1.43. The predicted molar refractivity (Wildman–Crippen MR) is 46.0 cm³/mol. The first-order valence-corrected chi connectivity index (χ1v) is 4.82. The summed E-state index contributed by atoms with van der Waals surface area (Å²) in [5, 5.41) is 23.4. The van der Waals surface area contributed by atoms with E-state index in [9.17, 15) is 5.21 Å². The molecule has 0 atom stereocenters. The fourth-order valence-corrected chi connectivity index (χ4v) is 2.00. The summed E-state index contributed by atoms with van der Waals surface area (Å²) in [6.07, 6.45) is 5.51. The first kappa shape index (κ1) is 9.00. The Labute approximate surface area is 81.5 Å². The molecular weight excluding hydrogens is 182 g/mol. The van der Waals surface area contributed by atoms with Gasteiger partial charge in [-0.15, -0.1) is 0 Å². The van der Waals surface area contributed by atoms with E-state index in [0.717, 1.165) is 25.7 Å². The second-order valence-corrected chi connectivity index (χ2v) is 3.61. The highest BCUT2D eigenvalue weighted by molar-refractivity contribution is 5.22. The largest absolute Gasteiger partial charge is 0.358 e. The van der Waals surface area contributed by atoms with Crippen LogP contribution in [0.25, 0.3) is 0 Å². The van der Waals surface area contributed by atoms with Crippen molar-refractivity contribution in [3.63, 3.8) is 0 Å². The molecule has 1 aliphatic rings. The highest BCUT2D eigenvalue weighted by Gasteiger charge is 2.28. The molecule has 0 saturated heterocycles. The summed E-state index contributed by atoms with van der Waals surface area (Å²) in [5.74, 6) is 0.234. The molecule has 1 fully saturated rings. The van der Waals surface area contributed by atoms with Gasteiger partial charge >= 0.3 is 0 Å². The average Bonchev–Trinajstić information content (AvgIpc) is 2.61. The van der Waals surface area contributed by atoms with E-state index >= 15 is 0 Å². The van der Waals surface area contributed by atoms with E-state index in [2.05, 4.69) is 9.79 Å². The molecule has 0 N–H and O–H groups in total. The zero-order valence-corrected chi connectivity index (χ0v) is 7.77. The van der Waals surface area contributed by atoms with E-state index in [1.807, 2.05) is 6.07 Å². The van der Waals surface area contributed by atoms with Gasteiger partial charge in [-0.1, -0.05) is 19.3 Å². The van der Waals surface area contributed by atoms with Gasteiger partial charge in [-0.2, -0.15) is 5.26 Å². The fourth-order valence-electron chi connectivity index (χ4n) is 2.00. The molecule has 1 aromatic heterocycles. The smallest absolute Gasteiger partial charge is 0.297 e. The molecule has 5 nitrogen and oxygen atoms in total. The molecule has 74 valence electrons. The molecule has 1 heterocycles. The first-order chi connectivity index (χ1) is 6.83. The Balaban J connectivity index is 2.26. The van der Waals surface area contributed by atoms with Crippen molar-refractivity contribution < 1.29 is 9.53 Å². The van der Waals surface area contributed by atoms with Crippen LogP contribution in [-0.2, 0) is 0 Å². The number of aromatic nitrogens is 2. The molecule has 0 bridgehead atoms. The fraction of sp³-hybridized carbons (Fsp3) is 0.667. The van der Waals surface area contributed by atoms with E-state index in [4.69, 9.17) is 5.26 Å². The van der Waals surface area contributed by atoms with Crippen molar-refractivity contribution >= 4 is 0 Å². The van der Waals surface area contributed by atoms with Crippen LogP contribution < -0.4 is 4.90 Å². The van der Waals surface area contributed by atoms with Crippen LogP contribution in [0.4, 0.5) is 0 Å². The Morgan fingerprint density at radius 1 is 1.43 bits per heavy atom. The molecule has 1 aliphatic carbocycles. The molecule has 0 amide bonds. The van der Waals surface area contributed by atoms with Crippen molar-refractivity contribution in [2.45, 2.75) is 38.0 Å². The molecule has 5 heteroatoms. The lowest BCUT2D eigenvalue weighted by atomic mass is 9.86. The Kier molecular flexibility index (Phi) is 2.35. The van der Waals surface area contributed by atoms with Gasteiger partial charge in [-0.3, -0.25) is 4.63 Å². The Hall–Kier alpha value is -1.57. The minimum atomic E-state index is 0.0249. The lowest BCUT2D eigenvalue weighted by Crippen LogP contribution is -2.27. The Morgan fingerprint density at radius 2 is 2.14 bits per heavy atom. The third-order valence-corrected chi connectivity index (χ3v) is 2.74. The minimum absolute atomic E-state index is 0.0249. The molecule has 0 aromatic carbocycles. The van der Waals surface area contributed by atoms with E-state index in [1.54, 1.807) is 0 Å². The van der Waals surface area contributed by atoms with Crippen LogP contribution >= 0.6 is 0 Å². The molecule has 1 aromatic rings. The van der Waals surface area contributed by atoms with Gasteiger partial charge in [0, 0.05) is 11.1 Å². The number of nitrogens with zero attached hydrogens (tertiary/aromatic N) is 3. The van der Waals surface area contributed by atoms with E-state index in [1.165, 1.54) is 6.42 Å². The summed E-state index contributed by atoms with van der Waals surface area (Å²) in [4.78, 5) is 0.198. The summed E-state index contributed by atoms with van der Waals surface area (Å²) >= 11 is 0. The SMILES string of the molecule is N#Cc1c(C2CCCCC2)no[n+]1[O-]. The highest BCUT2D eigenvalue weighted by Crippen LogP contribution is 2.32. The van der Waals surface area contributed by atoms with Crippen LogP contribution in [0.5, 0.6) is 0 Å². The van der Waals surface area contributed by atoms with Crippen LogP contribution in [0.1, 0.15) is 49.4 Å². The van der Waals surface area contributed by atoms with E-state index in [0.29, 0.717) is 5.69 Å². The normalized spacial score (nSPS) is 17.9. The minimum Gasteiger partial charge on any atom is -0.358 e. The van der Waals surface area contributed by atoms with Gasteiger partial charge < -0.3 is 5.21 Å². The standard InChI is InChI=1S/C9H11N3O2/c10-6-8-9(11-14-12(8)13)7-4-2-1-3-5-7/h7H,1-5H2. The Bertz CT molecular complexity index is 361. The maximum Gasteiger partial charge on any atom is 0.297 e. The number of hydrogen-bond donors (Lipinski definition) is 0. The zero-order chi connectivity index (χ0) is 9.97. The zero-order valence-electron chi connectivity index (χ0n) is 7.77. The maximum absolute atomic E-state index is 11.0. The van der Waals surface area contributed by atoms with Gasteiger partial charge in [0.25, 0.3) is 5.69 Å². The van der Waals surface area contributed by atoms with Crippen LogP contribution in [0.3, 0.4) is 0 Å². The lowest BCUT2D eigenvalue weighted by Gasteiger charge is -2.16. The quantitative estimate of drug-likeness (QED) is 0.628. The molecule has 0 aliphatic heterocycles. The topological polar surface area (TPSA) is 76.8 Å². The van der Waals surface area contributed by atoms with Crippen LogP contribution in [-0.4, -0.2) is 5.16 Å². The van der Waals surface area contributed by atoms with Gasteiger partial charge in [-0.25, -0.2) is 0 Å². The van der Waals surface area contributed by atoms with Crippen LogP contribution in [0.15, 0.2) is 4.63 Å². The molecule has 1 saturated carbocycles. The molecule has 0 unspecified atom stereocenters. The summed E-state index contributed by atoms with van der Waals surface area (Å²) in [5.41, 5.74) is 0.569. The number of hydrogen-bond acceptors (Lipinski definition) is 4. The molecule has 14 heavy (non-hydrogen) atoms. The summed E-state index contributed by atoms with van der Waals surface area (Å²) < 4.78 is 4.43. The second-order valence-electron chi connectivity index (χ2n) is 3.61. The predicted octanol–water partition coefficient (Wildman–Crippen LogP) is 1.23. The van der Waals surface area contributed by atoms with E-state index < -0.39 is 0 Å². The summed E-state index contributed by atoms with van der Waals surface area (Å²) in [6, 6.07) is 1.84. The molecule has 0 spiro atoms. The highest BCUT2D eigenvalue weighted by atomic mass is 16.8. The first-order valence-electron chi connectivity index (χ1n) is 4.82. The van der Waals surface area contributed by atoms with Crippen molar-refractivity contribution in [3.05, 3.63) is 16.6 Å². The van der Waals surface area contributed by atoms with Crippen molar-refractivity contribution in [1.29, 1.82) is 5.26 Å². The molecule has 2 rings (SSSR count). The molecule has 0 radical (unpaired) electrons. The lowest BCUT2D eigenvalue weighted by molar-refractivity contribution is -0.804. The second kappa shape index (κ2) is 3.66. The monoisotopic (exact) mass is 193 g/mol. The van der Waals surface area contributed by atoms with Crippen LogP contribution in [0.2, 0.25) is 0 Å². The van der Waals surface area contributed by atoms with Crippen molar-refractivity contribution in [1.82, 2.24) is 5.16 Å². The average molecular weight is 193 g/mol. The van der Waals surface area contributed by atoms with Gasteiger partial charge in [0.2, 0.25) is 5.69 Å². The number of nitriles is 1. The van der Waals surface area contributed by atoms with Gasteiger partial charge in [0.15, 0.2) is 6.07 Å². The molecular formula is C9H11N3O2. The van der Waals surface area contributed by atoms with E-state index in [-0.39, 0.29) is 16.5 Å². The Morgan fingerprint density at radius 3 is 2.79 bits per heavy atom. The number of rotatable bonds is 1.